The summed E-state index contributed by atoms with van der Waals surface area (Å²) in [7, 11) is 0. The first kappa shape index (κ1) is 7.90. The molecule has 1 amide bonds. The first-order chi connectivity index (χ1) is 5.71. The number of carbonyl (C=O) groups excluding carboxylic acids is 1. The van der Waals surface area contributed by atoms with Crippen molar-refractivity contribution in [2.75, 3.05) is 0 Å². The molecule has 1 saturated carbocycles. The van der Waals surface area contributed by atoms with Crippen LogP contribution >= 0.6 is 0 Å². The molecule has 0 bridgehead atoms. The maximum Gasteiger partial charge on any atom is 0.408 e. The quantitative estimate of drug-likeness (QED) is 0.600. The number of amides is 1. The first-order valence-corrected chi connectivity index (χ1v) is 4.70. The van der Waals surface area contributed by atoms with Gasteiger partial charge in [-0.1, -0.05) is 12.8 Å². The molecular formula is C9H15NO2. The van der Waals surface area contributed by atoms with Crippen LogP contribution in [-0.2, 0) is 4.74 Å². The van der Waals surface area contributed by atoms with E-state index in [0.717, 1.165) is 12.8 Å². The number of rotatable bonds is 0. The van der Waals surface area contributed by atoms with Crippen LogP contribution in [0.15, 0.2) is 0 Å². The molecule has 0 radical (unpaired) electrons. The lowest BCUT2D eigenvalue weighted by Crippen LogP contribution is -2.39. The van der Waals surface area contributed by atoms with Crippen LogP contribution in [0.1, 0.15) is 39.0 Å². The van der Waals surface area contributed by atoms with Gasteiger partial charge in [0, 0.05) is 0 Å². The minimum absolute atomic E-state index is 0.215. The van der Waals surface area contributed by atoms with Gasteiger partial charge in [-0.2, -0.15) is 0 Å². The number of carbonyl (C=O) groups is 1. The zero-order valence-electron chi connectivity index (χ0n) is 7.43. The van der Waals surface area contributed by atoms with Crippen molar-refractivity contribution in [1.82, 2.24) is 5.32 Å². The van der Waals surface area contributed by atoms with Gasteiger partial charge in [-0.3, -0.25) is 0 Å². The van der Waals surface area contributed by atoms with Crippen LogP contribution < -0.4 is 5.32 Å². The second-order valence-electron chi connectivity index (χ2n) is 4.00. The van der Waals surface area contributed by atoms with Gasteiger partial charge in [0.15, 0.2) is 0 Å². The highest BCUT2D eigenvalue weighted by atomic mass is 16.6. The average Bonchev–Trinajstić information content (AvgIpc) is 2.14. The van der Waals surface area contributed by atoms with E-state index >= 15 is 0 Å². The van der Waals surface area contributed by atoms with E-state index in [1.54, 1.807) is 0 Å². The number of hydrogen-bond acceptors (Lipinski definition) is 2. The molecule has 2 fully saturated rings. The van der Waals surface area contributed by atoms with Gasteiger partial charge in [-0.25, -0.2) is 4.79 Å². The Bertz CT molecular complexity index is 205. The summed E-state index contributed by atoms with van der Waals surface area (Å²) >= 11 is 0. The lowest BCUT2D eigenvalue weighted by atomic mass is 9.92. The fourth-order valence-electron chi connectivity index (χ4n) is 2.21. The summed E-state index contributed by atoms with van der Waals surface area (Å²) in [6.45, 7) is 2.04. The SMILES string of the molecule is C[C@]12CCCCCC1NC(=O)O2. The molecule has 0 spiro atoms. The molecule has 0 aromatic carbocycles. The summed E-state index contributed by atoms with van der Waals surface area (Å²) in [5.74, 6) is 0. The summed E-state index contributed by atoms with van der Waals surface area (Å²) in [5, 5.41) is 2.88. The molecule has 2 atom stereocenters. The highest BCUT2D eigenvalue weighted by molar-refractivity contribution is 5.71. The van der Waals surface area contributed by atoms with E-state index in [4.69, 9.17) is 4.74 Å². The Morgan fingerprint density at radius 3 is 3.17 bits per heavy atom. The third-order valence-electron chi connectivity index (χ3n) is 3.02. The molecule has 1 aliphatic heterocycles. The summed E-state index contributed by atoms with van der Waals surface area (Å²) in [4.78, 5) is 11.0. The van der Waals surface area contributed by atoms with Gasteiger partial charge in [-0.05, 0) is 26.2 Å². The van der Waals surface area contributed by atoms with Crippen molar-refractivity contribution in [1.29, 1.82) is 0 Å². The molecule has 12 heavy (non-hydrogen) atoms. The van der Waals surface area contributed by atoms with Crippen LogP contribution in [-0.4, -0.2) is 17.7 Å². The maximum atomic E-state index is 11.0. The van der Waals surface area contributed by atoms with Crippen LogP contribution in [0.4, 0.5) is 4.79 Å². The lowest BCUT2D eigenvalue weighted by molar-refractivity contribution is 0.0466. The average molecular weight is 169 g/mol. The zero-order valence-corrected chi connectivity index (χ0v) is 7.43. The van der Waals surface area contributed by atoms with E-state index < -0.39 is 0 Å². The summed E-state index contributed by atoms with van der Waals surface area (Å²) in [5.41, 5.74) is -0.215. The van der Waals surface area contributed by atoms with Crippen molar-refractivity contribution >= 4 is 6.09 Å². The van der Waals surface area contributed by atoms with E-state index in [1.165, 1.54) is 19.3 Å². The molecule has 1 unspecified atom stereocenters. The Morgan fingerprint density at radius 2 is 2.33 bits per heavy atom. The van der Waals surface area contributed by atoms with Gasteiger partial charge in [0.2, 0.25) is 0 Å². The number of fused-ring (bicyclic) bond motifs is 1. The van der Waals surface area contributed by atoms with E-state index in [9.17, 15) is 4.79 Å². The fraction of sp³-hybridized carbons (Fsp3) is 0.889. The molecule has 0 aromatic heterocycles. The summed E-state index contributed by atoms with van der Waals surface area (Å²) < 4.78 is 5.28. The highest BCUT2D eigenvalue weighted by Gasteiger charge is 2.45. The minimum atomic E-state index is -0.232. The van der Waals surface area contributed by atoms with Crippen LogP contribution in [0.25, 0.3) is 0 Å². The van der Waals surface area contributed by atoms with Crippen molar-refractivity contribution in [2.45, 2.75) is 50.7 Å². The lowest BCUT2D eigenvalue weighted by Gasteiger charge is -2.25. The highest BCUT2D eigenvalue weighted by Crippen LogP contribution is 2.33. The molecule has 0 aromatic rings. The predicted octanol–water partition coefficient (Wildman–Crippen LogP) is 1.82. The number of alkyl carbamates (subject to hydrolysis) is 1. The second kappa shape index (κ2) is 2.64. The minimum Gasteiger partial charge on any atom is -0.441 e. The Hall–Kier alpha value is -0.730. The third-order valence-corrected chi connectivity index (χ3v) is 3.02. The van der Waals surface area contributed by atoms with Crippen molar-refractivity contribution in [2.24, 2.45) is 0 Å². The molecule has 2 aliphatic rings. The Labute approximate surface area is 72.5 Å². The van der Waals surface area contributed by atoms with Crippen LogP contribution in [0.2, 0.25) is 0 Å². The normalized spacial score (nSPS) is 41.1. The van der Waals surface area contributed by atoms with Gasteiger partial charge >= 0.3 is 6.09 Å². The molecule has 3 nitrogen and oxygen atoms in total. The predicted molar refractivity (Wildman–Crippen MR) is 44.9 cm³/mol. The Kier molecular flexibility index (Phi) is 1.74. The molecule has 3 heteroatoms. The maximum absolute atomic E-state index is 11.0. The van der Waals surface area contributed by atoms with Crippen molar-refractivity contribution in [3.05, 3.63) is 0 Å². The van der Waals surface area contributed by atoms with Crippen molar-refractivity contribution in [3.8, 4) is 0 Å². The molecule has 1 N–H and O–H groups in total. The zero-order chi connectivity index (χ0) is 8.60. The second-order valence-corrected chi connectivity index (χ2v) is 4.00. The van der Waals surface area contributed by atoms with Crippen LogP contribution in [0.5, 0.6) is 0 Å². The van der Waals surface area contributed by atoms with E-state index in [1.807, 2.05) is 6.92 Å². The number of nitrogens with one attached hydrogen (secondary N) is 1. The topological polar surface area (TPSA) is 38.3 Å². The van der Waals surface area contributed by atoms with Crippen LogP contribution in [0.3, 0.4) is 0 Å². The molecule has 1 heterocycles. The smallest absolute Gasteiger partial charge is 0.408 e. The van der Waals surface area contributed by atoms with Gasteiger partial charge < -0.3 is 10.1 Å². The third kappa shape index (κ3) is 1.17. The summed E-state index contributed by atoms with van der Waals surface area (Å²) in [6.07, 6.45) is 5.51. The molecule has 1 aliphatic carbocycles. The van der Waals surface area contributed by atoms with Crippen molar-refractivity contribution in [3.63, 3.8) is 0 Å². The standard InChI is InChI=1S/C9H15NO2/c1-9-6-4-2-3-5-7(9)10-8(11)12-9/h7H,2-6H2,1H3,(H,10,11)/t7?,9-/m0/s1. The van der Waals surface area contributed by atoms with Gasteiger partial charge in [0.1, 0.15) is 5.60 Å². The van der Waals surface area contributed by atoms with E-state index in [2.05, 4.69) is 5.32 Å². The Balaban J connectivity index is 2.15. The number of hydrogen-bond donors (Lipinski definition) is 1. The molecule has 68 valence electrons. The fourth-order valence-corrected chi connectivity index (χ4v) is 2.21. The molecular weight excluding hydrogens is 154 g/mol. The molecule has 2 rings (SSSR count). The van der Waals surface area contributed by atoms with Gasteiger partial charge in [0.05, 0.1) is 6.04 Å². The van der Waals surface area contributed by atoms with Gasteiger partial charge in [0.25, 0.3) is 0 Å². The molecule has 1 saturated heterocycles. The first-order valence-electron chi connectivity index (χ1n) is 4.70. The number of ether oxygens (including phenoxy) is 1. The van der Waals surface area contributed by atoms with Crippen molar-refractivity contribution < 1.29 is 9.53 Å². The van der Waals surface area contributed by atoms with E-state index in [0.29, 0.717) is 0 Å². The summed E-state index contributed by atoms with van der Waals surface area (Å²) in [6, 6.07) is 0.257. The largest absolute Gasteiger partial charge is 0.441 e. The van der Waals surface area contributed by atoms with Crippen LogP contribution in [0, 0.1) is 0 Å². The van der Waals surface area contributed by atoms with Gasteiger partial charge in [-0.15, -0.1) is 0 Å². The monoisotopic (exact) mass is 169 g/mol. The van der Waals surface area contributed by atoms with E-state index in [-0.39, 0.29) is 17.7 Å². The Morgan fingerprint density at radius 1 is 1.50 bits per heavy atom.